The fraction of sp³-hybridized carbons (Fsp3) is 0.200. The summed E-state index contributed by atoms with van der Waals surface area (Å²) in [5.41, 5.74) is 1.69. The molecule has 1 atom stereocenters. The summed E-state index contributed by atoms with van der Waals surface area (Å²) in [4.78, 5) is 43.3. The summed E-state index contributed by atoms with van der Waals surface area (Å²) in [5.74, 6) is -0.752. The third kappa shape index (κ3) is 5.01. The molecule has 1 N–H and O–H groups in total. The molecule has 4 aromatic rings. The number of fused-ring (bicyclic) bond motifs is 2. The van der Waals surface area contributed by atoms with Gasteiger partial charge in [-0.2, -0.15) is 0 Å². The van der Waals surface area contributed by atoms with Gasteiger partial charge in [0.25, 0.3) is 5.56 Å². The summed E-state index contributed by atoms with van der Waals surface area (Å²) in [6, 6.07) is 17.4. The lowest BCUT2D eigenvalue weighted by molar-refractivity contribution is -0.140. The van der Waals surface area contributed by atoms with Gasteiger partial charge in [-0.15, -0.1) is 0 Å². The monoisotopic (exact) mass is 558 g/mol. The van der Waals surface area contributed by atoms with Gasteiger partial charge in [-0.3, -0.25) is 9.36 Å². The minimum atomic E-state index is -1.09. The molecule has 2 heterocycles. The molecule has 0 unspecified atom stereocenters. The van der Waals surface area contributed by atoms with Crippen molar-refractivity contribution in [3.63, 3.8) is 0 Å². The average Bonchev–Trinajstić information content (AvgIpc) is 3.24. The van der Waals surface area contributed by atoms with Crippen molar-refractivity contribution in [3.8, 4) is 11.5 Å². The first-order valence-corrected chi connectivity index (χ1v) is 13.3. The van der Waals surface area contributed by atoms with E-state index in [4.69, 9.17) is 19.3 Å². The van der Waals surface area contributed by atoms with E-state index < -0.39 is 24.6 Å². The molecule has 0 spiro atoms. The van der Waals surface area contributed by atoms with Crippen LogP contribution in [-0.4, -0.2) is 41.9 Å². The van der Waals surface area contributed by atoms with Crippen molar-refractivity contribution < 1.29 is 28.9 Å². The molecule has 0 saturated heterocycles. The van der Waals surface area contributed by atoms with Crippen LogP contribution in [0.15, 0.2) is 81.7 Å². The number of methoxy groups -OCH3 is 1. The number of hydrogen-bond acceptors (Lipinski definition) is 8. The van der Waals surface area contributed by atoms with Crippen molar-refractivity contribution in [2.24, 2.45) is 4.99 Å². The van der Waals surface area contributed by atoms with E-state index in [1.54, 1.807) is 51.3 Å². The second kappa shape index (κ2) is 11.2. The van der Waals surface area contributed by atoms with Gasteiger partial charge in [0, 0.05) is 5.56 Å². The molecule has 40 heavy (non-hydrogen) atoms. The Morgan fingerprint density at radius 3 is 2.67 bits per heavy atom. The molecule has 1 aromatic heterocycles. The number of hydrogen-bond donors (Lipinski definition) is 1. The number of carboxylic acids is 1. The maximum Gasteiger partial charge on any atom is 0.341 e. The highest BCUT2D eigenvalue weighted by atomic mass is 32.1. The van der Waals surface area contributed by atoms with Crippen LogP contribution in [0.25, 0.3) is 16.8 Å². The number of carbonyl (C=O) groups is 2. The highest BCUT2D eigenvalue weighted by molar-refractivity contribution is 7.07. The third-order valence-electron chi connectivity index (χ3n) is 6.46. The third-order valence-corrected chi connectivity index (χ3v) is 7.44. The van der Waals surface area contributed by atoms with Gasteiger partial charge in [0.15, 0.2) is 11.4 Å². The number of nitrogens with zero attached hydrogens (tertiary/aromatic N) is 2. The smallest absolute Gasteiger partial charge is 0.341 e. The van der Waals surface area contributed by atoms with E-state index in [0.29, 0.717) is 37.7 Å². The minimum absolute atomic E-state index is 0.166. The van der Waals surface area contributed by atoms with Gasteiger partial charge in [-0.25, -0.2) is 14.6 Å². The molecule has 10 heteroatoms. The lowest BCUT2D eigenvalue weighted by Gasteiger charge is -2.27. The first kappa shape index (κ1) is 26.9. The zero-order valence-corrected chi connectivity index (χ0v) is 22.9. The summed E-state index contributed by atoms with van der Waals surface area (Å²) >= 11 is 1.20. The number of aromatic nitrogens is 1. The van der Waals surface area contributed by atoms with E-state index in [1.807, 2.05) is 36.4 Å². The lowest BCUT2D eigenvalue weighted by atomic mass is 9.90. The van der Waals surface area contributed by atoms with Crippen LogP contribution in [0.1, 0.15) is 31.0 Å². The Morgan fingerprint density at radius 2 is 1.93 bits per heavy atom. The molecule has 1 aliphatic heterocycles. The zero-order chi connectivity index (χ0) is 28.4. The predicted octanol–water partition coefficient (Wildman–Crippen LogP) is 3.42. The van der Waals surface area contributed by atoms with Gasteiger partial charge in [0.2, 0.25) is 0 Å². The number of ether oxygens (including phenoxy) is 3. The molecule has 0 radical (unpaired) electrons. The highest BCUT2D eigenvalue weighted by Crippen LogP contribution is 2.40. The molecule has 0 bridgehead atoms. The van der Waals surface area contributed by atoms with Crippen molar-refractivity contribution in [3.05, 3.63) is 103 Å². The summed E-state index contributed by atoms with van der Waals surface area (Å²) < 4.78 is 18.4. The Morgan fingerprint density at radius 1 is 1.12 bits per heavy atom. The largest absolute Gasteiger partial charge is 0.496 e. The molecular formula is C30H26N2O7S. The molecule has 0 aliphatic carbocycles. The number of rotatable bonds is 8. The Labute approximate surface area is 232 Å². The van der Waals surface area contributed by atoms with Gasteiger partial charge in [-0.1, -0.05) is 53.8 Å². The van der Waals surface area contributed by atoms with E-state index in [0.717, 1.165) is 10.8 Å². The average molecular weight is 559 g/mol. The molecule has 0 amide bonds. The Kier molecular flexibility index (Phi) is 7.52. The Balaban J connectivity index is 1.75. The molecule has 0 fully saturated rings. The van der Waals surface area contributed by atoms with Gasteiger partial charge in [-0.05, 0) is 54.5 Å². The quantitative estimate of drug-likeness (QED) is 0.330. The van der Waals surface area contributed by atoms with Crippen molar-refractivity contribution in [2.45, 2.75) is 19.9 Å². The maximum absolute atomic E-state index is 14.0. The SMILES string of the molecule is CCOC(=O)C1=C(C)N=c2s/c(=C\c3cccc(OCC(=O)O)c3)c(=O)n2[C@@H]1c1c(OC)ccc2ccccc12. The van der Waals surface area contributed by atoms with Crippen LogP contribution in [0.5, 0.6) is 11.5 Å². The number of carbonyl (C=O) groups excluding carboxylic acids is 1. The maximum atomic E-state index is 14.0. The number of carboxylic acid groups (broad SMARTS) is 1. The van der Waals surface area contributed by atoms with Crippen LogP contribution < -0.4 is 24.4 Å². The summed E-state index contributed by atoms with van der Waals surface area (Å²) in [6.07, 6.45) is 1.69. The van der Waals surface area contributed by atoms with E-state index in [1.165, 1.54) is 15.9 Å². The topological polar surface area (TPSA) is 116 Å². The first-order chi connectivity index (χ1) is 19.3. The summed E-state index contributed by atoms with van der Waals surface area (Å²) in [6.45, 7) is 3.15. The van der Waals surface area contributed by atoms with Crippen LogP contribution in [0.2, 0.25) is 0 Å². The highest BCUT2D eigenvalue weighted by Gasteiger charge is 2.36. The van der Waals surface area contributed by atoms with Gasteiger partial charge < -0.3 is 19.3 Å². The van der Waals surface area contributed by atoms with Gasteiger partial charge >= 0.3 is 11.9 Å². The van der Waals surface area contributed by atoms with Crippen LogP contribution in [0.3, 0.4) is 0 Å². The van der Waals surface area contributed by atoms with Gasteiger partial charge in [0.1, 0.15) is 17.5 Å². The second-order valence-electron chi connectivity index (χ2n) is 8.96. The van der Waals surface area contributed by atoms with Crippen LogP contribution in [-0.2, 0) is 14.3 Å². The molecule has 1 aliphatic rings. The van der Waals surface area contributed by atoms with Crippen molar-refractivity contribution in [1.29, 1.82) is 0 Å². The van der Waals surface area contributed by atoms with Crippen molar-refractivity contribution in [2.75, 3.05) is 20.3 Å². The van der Waals surface area contributed by atoms with E-state index in [-0.39, 0.29) is 17.7 Å². The van der Waals surface area contributed by atoms with Crippen molar-refractivity contribution >= 4 is 40.1 Å². The molecule has 9 nitrogen and oxygen atoms in total. The summed E-state index contributed by atoms with van der Waals surface area (Å²) in [7, 11) is 1.55. The lowest BCUT2D eigenvalue weighted by Crippen LogP contribution is -2.40. The Bertz CT molecular complexity index is 1850. The van der Waals surface area contributed by atoms with E-state index >= 15 is 0 Å². The van der Waals surface area contributed by atoms with Crippen LogP contribution in [0.4, 0.5) is 0 Å². The van der Waals surface area contributed by atoms with Crippen LogP contribution >= 0.6 is 11.3 Å². The number of aliphatic carboxylic acids is 1. The zero-order valence-electron chi connectivity index (χ0n) is 22.0. The summed E-state index contributed by atoms with van der Waals surface area (Å²) in [5, 5.41) is 10.7. The standard InChI is InChI=1S/C30H26N2O7S/c1-4-38-29(36)25-17(2)31-30-32(27(25)26-21-11-6-5-9-19(21)12-13-22(26)37-3)28(35)23(40-30)15-18-8-7-10-20(14-18)39-16-24(33)34/h5-15,27H,4,16H2,1-3H3,(H,33,34)/b23-15-/t27-/m0/s1. The molecule has 0 saturated carbocycles. The fourth-order valence-electron chi connectivity index (χ4n) is 4.79. The van der Waals surface area contributed by atoms with E-state index in [9.17, 15) is 14.4 Å². The fourth-order valence-corrected chi connectivity index (χ4v) is 5.84. The number of thiazole rings is 1. The number of esters is 1. The molecular weight excluding hydrogens is 532 g/mol. The second-order valence-corrected chi connectivity index (χ2v) is 9.97. The number of benzene rings is 3. The minimum Gasteiger partial charge on any atom is -0.496 e. The number of allylic oxidation sites excluding steroid dienone is 1. The molecule has 3 aromatic carbocycles. The van der Waals surface area contributed by atoms with E-state index in [2.05, 4.69) is 4.99 Å². The Hall–Kier alpha value is -4.70. The first-order valence-electron chi connectivity index (χ1n) is 12.5. The predicted molar refractivity (Wildman–Crippen MR) is 150 cm³/mol. The molecule has 204 valence electrons. The van der Waals surface area contributed by atoms with Crippen LogP contribution in [0, 0.1) is 0 Å². The molecule has 5 rings (SSSR count). The van der Waals surface area contributed by atoms with Crippen molar-refractivity contribution in [1.82, 2.24) is 4.57 Å². The normalized spacial score (nSPS) is 15.0. The van der Waals surface area contributed by atoms with Gasteiger partial charge in [0.05, 0.1) is 29.5 Å².